The minimum Gasteiger partial charge on any atom is -0.349 e. The van der Waals surface area contributed by atoms with Crippen molar-refractivity contribution in [3.8, 4) is 0 Å². The van der Waals surface area contributed by atoms with E-state index in [9.17, 15) is 0 Å². The van der Waals surface area contributed by atoms with Gasteiger partial charge in [0.1, 0.15) is 0 Å². The number of hydrogen-bond donors (Lipinski definition) is 1. The molecule has 0 bridgehead atoms. The van der Waals surface area contributed by atoms with Crippen LogP contribution in [0.4, 0.5) is 5.95 Å². The van der Waals surface area contributed by atoms with Gasteiger partial charge in [-0.1, -0.05) is 71.7 Å². The lowest BCUT2D eigenvalue weighted by Crippen LogP contribution is -2.27. The lowest BCUT2D eigenvalue weighted by atomic mass is 9.92. The Morgan fingerprint density at radius 2 is 1.56 bits per heavy atom. The van der Waals surface area contributed by atoms with Crippen LogP contribution in [0, 0.1) is 0 Å². The summed E-state index contributed by atoms with van der Waals surface area (Å²) in [7, 11) is 0. The van der Waals surface area contributed by atoms with Crippen molar-refractivity contribution in [1.29, 1.82) is 0 Å². The molecule has 0 spiro atoms. The number of nitrogens with one attached hydrogen (secondary N) is 1. The number of para-hydroxylation sites is 2. The van der Waals surface area contributed by atoms with Gasteiger partial charge in [0.2, 0.25) is 5.95 Å². The molecule has 27 heavy (non-hydrogen) atoms. The summed E-state index contributed by atoms with van der Waals surface area (Å²) in [6.07, 6.45) is 0.834. The minimum absolute atomic E-state index is 0.0000520. The molecule has 5 heteroatoms. The van der Waals surface area contributed by atoms with Crippen molar-refractivity contribution in [3.05, 3.63) is 94.0 Å². The van der Waals surface area contributed by atoms with Crippen LogP contribution in [-0.4, -0.2) is 9.55 Å². The number of hydrogen-bond acceptors (Lipinski definition) is 2. The van der Waals surface area contributed by atoms with Crippen LogP contribution in [0.15, 0.2) is 72.8 Å². The van der Waals surface area contributed by atoms with Gasteiger partial charge in [0.15, 0.2) is 0 Å². The zero-order chi connectivity index (χ0) is 18.4. The van der Waals surface area contributed by atoms with Gasteiger partial charge in [-0.2, -0.15) is 0 Å². The van der Waals surface area contributed by atoms with Crippen LogP contribution < -0.4 is 5.32 Å². The number of imidazole rings is 1. The Balaban J connectivity index is 1.73. The molecule has 0 unspecified atom stereocenters. The summed E-state index contributed by atoms with van der Waals surface area (Å²) >= 11 is 13.2. The quantitative estimate of drug-likeness (QED) is 0.421. The topological polar surface area (TPSA) is 29.9 Å². The fourth-order valence-corrected chi connectivity index (χ4v) is 4.64. The summed E-state index contributed by atoms with van der Waals surface area (Å²) in [5, 5.41) is 4.98. The molecule has 1 aromatic heterocycles. The smallest absolute Gasteiger partial charge is 0.204 e. The third kappa shape index (κ3) is 2.78. The molecule has 0 amide bonds. The number of fused-ring (bicyclic) bond motifs is 3. The predicted octanol–water partition coefficient (Wildman–Crippen LogP) is 6.49. The maximum absolute atomic E-state index is 6.60. The molecule has 0 fully saturated rings. The summed E-state index contributed by atoms with van der Waals surface area (Å²) < 4.78 is 2.22. The fraction of sp³-hybridized carbons (Fsp3) is 0.136. The first-order valence-corrected chi connectivity index (χ1v) is 9.70. The molecule has 0 radical (unpaired) electrons. The second-order valence-electron chi connectivity index (χ2n) is 6.79. The molecule has 3 nitrogen and oxygen atoms in total. The van der Waals surface area contributed by atoms with Gasteiger partial charge in [0, 0.05) is 15.6 Å². The Hall–Kier alpha value is -2.49. The van der Waals surface area contributed by atoms with Crippen molar-refractivity contribution in [2.75, 3.05) is 5.32 Å². The Morgan fingerprint density at radius 1 is 0.852 bits per heavy atom. The monoisotopic (exact) mass is 393 g/mol. The summed E-state index contributed by atoms with van der Waals surface area (Å²) in [4.78, 5) is 4.83. The molecule has 3 aromatic carbocycles. The Kier molecular flexibility index (Phi) is 4.07. The van der Waals surface area contributed by atoms with E-state index in [2.05, 4.69) is 40.2 Å². The first-order valence-electron chi connectivity index (χ1n) is 8.95. The molecule has 2 atom stereocenters. The van der Waals surface area contributed by atoms with E-state index >= 15 is 0 Å². The van der Waals surface area contributed by atoms with Gasteiger partial charge in [-0.3, -0.25) is 0 Å². The first-order chi connectivity index (χ1) is 13.2. The standard InChI is InChI=1S/C22H17Cl2N3/c23-15-9-6-10-16(24)21(15)20-13-18(14-7-2-1-3-8-14)26-22-25-17-11-4-5-12-19(17)27(20)22/h1-12,18,20H,13H2,(H,25,26)/t18-,20+/m0/s1. The first kappa shape index (κ1) is 16.7. The van der Waals surface area contributed by atoms with Crippen LogP contribution in [0.2, 0.25) is 10.0 Å². The third-order valence-corrected chi connectivity index (χ3v) is 5.86. The van der Waals surface area contributed by atoms with E-state index in [1.165, 1.54) is 5.56 Å². The number of anilines is 1. The van der Waals surface area contributed by atoms with Gasteiger partial charge in [0.05, 0.1) is 23.1 Å². The highest BCUT2D eigenvalue weighted by Gasteiger charge is 2.33. The van der Waals surface area contributed by atoms with Crippen LogP contribution in [0.3, 0.4) is 0 Å². The highest BCUT2D eigenvalue weighted by Crippen LogP contribution is 2.44. The van der Waals surface area contributed by atoms with E-state index in [1.54, 1.807) is 0 Å². The third-order valence-electron chi connectivity index (χ3n) is 5.20. The lowest BCUT2D eigenvalue weighted by Gasteiger charge is -2.34. The summed E-state index contributed by atoms with van der Waals surface area (Å²) in [5.74, 6) is 0.845. The van der Waals surface area contributed by atoms with E-state index in [0.29, 0.717) is 10.0 Å². The molecule has 0 aliphatic carbocycles. The Labute approximate surface area is 167 Å². The number of aromatic nitrogens is 2. The van der Waals surface area contributed by atoms with Crippen LogP contribution in [0.1, 0.15) is 29.6 Å². The molecule has 0 saturated carbocycles. The van der Waals surface area contributed by atoms with Gasteiger partial charge in [-0.25, -0.2) is 4.98 Å². The van der Waals surface area contributed by atoms with Gasteiger partial charge < -0.3 is 9.88 Å². The van der Waals surface area contributed by atoms with Gasteiger partial charge >= 0.3 is 0 Å². The van der Waals surface area contributed by atoms with E-state index in [4.69, 9.17) is 28.2 Å². The zero-order valence-corrected chi connectivity index (χ0v) is 16.0. The van der Waals surface area contributed by atoms with E-state index in [1.807, 2.05) is 42.5 Å². The van der Waals surface area contributed by atoms with Crippen LogP contribution >= 0.6 is 23.2 Å². The Morgan fingerprint density at radius 3 is 2.33 bits per heavy atom. The maximum Gasteiger partial charge on any atom is 0.204 e. The number of halogens is 2. The van der Waals surface area contributed by atoms with Crippen LogP contribution in [0.25, 0.3) is 11.0 Å². The van der Waals surface area contributed by atoms with Crippen molar-refractivity contribution in [3.63, 3.8) is 0 Å². The average molecular weight is 394 g/mol. The molecule has 5 rings (SSSR count). The van der Waals surface area contributed by atoms with Gasteiger partial charge in [-0.15, -0.1) is 0 Å². The van der Waals surface area contributed by atoms with Crippen molar-refractivity contribution in [2.45, 2.75) is 18.5 Å². The molecule has 1 N–H and O–H groups in total. The second-order valence-corrected chi connectivity index (χ2v) is 7.60. The molecular formula is C22H17Cl2N3. The SMILES string of the molecule is Clc1cccc(Cl)c1[C@H]1C[C@@H](c2ccccc2)Nc2nc3ccccc3n21. The highest BCUT2D eigenvalue weighted by molar-refractivity contribution is 6.36. The predicted molar refractivity (Wildman–Crippen MR) is 112 cm³/mol. The largest absolute Gasteiger partial charge is 0.349 e. The van der Waals surface area contributed by atoms with Crippen molar-refractivity contribution in [2.24, 2.45) is 0 Å². The highest BCUT2D eigenvalue weighted by atomic mass is 35.5. The van der Waals surface area contributed by atoms with Crippen molar-refractivity contribution >= 4 is 40.2 Å². The van der Waals surface area contributed by atoms with E-state index in [-0.39, 0.29) is 12.1 Å². The molecule has 2 heterocycles. The summed E-state index contributed by atoms with van der Waals surface area (Å²) in [5.41, 5.74) is 4.21. The van der Waals surface area contributed by atoms with Crippen molar-refractivity contribution in [1.82, 2.24) is 9.55 Å². The van der Waals surface area contributed by atoms with Crippen LogP contribution in [0.5, 0.6) is 0 Å². The molecule has 4 aromatic rings. The molecular weight excluding hydrogens is 377 g/mol. The van der Waals surface area contributed by atoms with Gasteiger partial charge in [0.25, 0.3) is 0 Å². The molecule has 1 aliphatic heterocycles. The van der Waals surface area contributed by atoms with E-state index < -0.39 is 0 Å². The van der Waals surface area contributed by atoms with Gasteiger partial charge in [-0.05, 0) is 36.2 Å². The summed E-state index contributed by atoms with van der Waals surface area (Å²) in [6, 6.07) is 24.4. The fourth-order valence-electron chi connectivity index (χ4n) is 3.99. The van der Waals surface area contributed by atoms with Crippen molar-refractivity contribution < 1.29 is 0 Å². The number of benzene rings is 3. The second kappa shape index (κ2) is 6.59. The number of rotatable bonds is 2. The molecule has 134 valence electrons. The zero-order valence-electron chi connectivity index (χ0n) is 14.4. The van der Waals surface area contributed by atoms with Crippen LogP contribution in [-0.2, 0) is 0 Å². The normalized spacial score (nSPS) is 18.9. The molecule has 1 aliphatic rings. The summed E-state index contributed by atoms with van der Waals surface area (Å²) in [6.45, 7) is 0. The number of nitrogens with zero attached hydrogens (tertiary/aromatic N) is 2. The maximum atomic E-state index is 6.60. The Bertz CT molecular complexity index is 1100. The lowest BCUT2D eigenvalue weighted by molar-refractivity contribution is 0.478. The van der Waals surface area contributed by atoms with E-state index in [0.717, 1.165) is 29.0 Å². The average Bonchev–Trinajstić information content (AvgIpc) is 3.07. The molecule has 0 saturated heterocycles. The minimum atomic E-state index is 0.0000520.